The number of nitrogens with zero attached hydrogens (tertiary/aromatic N) is 1. The lowest BCUT2D eigenvalue weighted by Crippen LogP contribution is -2.47. The van der Waals surface area contributed by atoms with Gasteiger partial charge in [-0.3, -0.25) is 4.99 Å². The SMILES string of the molecule is CCNC(=NCC1(O)CCC1)NC1CCC(C(C)C)CC1.I. The van der Waals surface area contributed by atoms with Gasteiger partial charge in [0.05, 0.1) is 12.1 Å². The molecule has 130 valence electrons. The van der Waals surface area contributed by atoms with Crippen molar-refractivity contribution < 1.29 is 5.11 Å². The van der Waals surface area contributed by atoms with Crippen molar-refractivity contribution in [1.29, 1.82) is 0 Å². The summed E-state index contributed by atoms with van der Waals surface area (Å²) in [4.78, 5) is 4.60. The van der Waals surface area contributed by atoms with Crippen molar-refractivity contribution in [2.24, 2.45) is 16.8 Å². The highest BCUT2D eigenvalue weighted by Gasteiger charge is 2.34. The Labute approximate surface area is 152 Å². The lowest BCUT2D eigenvalue weighted by atomic mass is 9.80. The minimum atomic E-state index is -0.530. The van der Waals surface area contributed by atoms with Crippen LogP contribution in [0.2, 0.25) is 0 Å². The van der Waals surface area contributed by atoms with Crippen molar-refractivity contribution in [2.45, 2.75) is 77.4 Å². The van der Waals surface area contributed by atoms with Crippen molar-refractivity contribution in [2.75, 3.05) is 13.1 Å². The molecule has 5 heteroatoms. The van der Waals surface area contributed by atoms with Gasteiger partial charge in [0.1, 0.15) is 0 Å². The number of aliphatic hydroxyl groups is 1. The Balaban J connectivity index is 0.00000242. The number of nitrogens with one attached hydrogen (secondary N) is 2. The van der Waals surface area contributed by atoms with Gasteiger partial charge in [-0.1, -0.05) is 13.8 Å². The Kier molecular flexibility index (Phi) is 8.46. The predicted molar refractivity (Wildman–Crippen MR) is 104 cm³/mol. The molecular formula is C17H34IN3O. The van der Waals surface area contributed by atoms with Crippen molar-refractivity contribution in [3.63, 3.8) is 0 Å². The van der Waals surface area contributed by atoms with Gasteiger partial charge >= 0.3 is 0 Å². The molecule has 0 aliphatic heterocycles. The average molecular weight is 423 g/mol. The molecule has 2 aliphatic rings. The predicted octanol–water partition coefficient (Wildman–Crippen LogP) is 3.29. The Morgan fingerprint density at radius 3 is 2.32 bits per heavy atom. The second-order valence-electron chi connectivity index (χ2n) is 7.27. The van der Waals surface area contributed by atoms with E-state index in [0.29, 0.717) is 12.6 Å². The summed E-state index contributed by atoms with van der Waals surface area (Å²) < 4.78 is 0. The molecule has 0 bridgehead atoms. The zero-order valence-corrected chi connectivity index (χ0v) is 16.7. The van der Waals surface area contributed by atoms with Crippen LogP contribution in [0, 0.1) is 11.8 Å². The molecule has 0 radical (unpaired) electrons. The smallest absolute Gasteiger partial charge is 0.191 e. The molecule has 2 fully saturated rings. The van der Waals surface area contributed by atoms with Crippen LogP contribution in [0.3, 0.4) is 0 Å². The van der Waals surface area contributed by atoms with Gasteiger partial charge in [-0.2, -0.15) is 0 Å². The first-order valence-electron chi connectivity index (χ1n) is 8.79. The molecule has 2 aliphatic carbocycles. The van der Waals surface area contributed by atoms with Crippen molar-refractivity contribution in [3.8, 4) is 0 Å². The van der Waals surface area contributed by atoms with Crippen molar-refractivity contribution >= 4 is 29.9 Å². The maximum Gasteiger partial charge on any atom is 0.191 e. The van der Waals surface area contributed by atoms with E-state index in [1.807, 2.05) is 0 Å². The maximum absolute atomic E-state index is 10.2. The Morgan fingerprint density at radius 2 is 1.86 bits per heavy atom. The molecule has 2 saturated carbocycles. The summed E-state index contributed by atoms with van der Waals surface area (Å²) in [7, 11) is 0. The molecule has 0 heterocycles. The lowest BCUT2D eigenvalue weighted by molar-refractivity contribution is -0.0236. The van der Waals surface area contributed by atoms with Crippen LogP contribution in [-0.4, -0.2) is 35.8 Å². The molecule has 4 nitrogen and oxygen atoms in total. The normalized spacial score (nSPS) is 27.8. The zero-order valence-electron chi connectivity index (χ0n) is 14.4. The quantitative estimate of drug-likeness (QED) is 0.361. The van der Waals surface area contributed by atoms with Gasteiger partial charge in [0, 0.05) is 12.6 Å². The zero-order chi connectivity index (χ0) is 15.3. The van der Waals surface area contributed by atoms with E-state index in [4.69, 9.17) is 0 Å². The number of aliphatic imine (C=N–C) groups is 1. The van der Waals surface area contributed by atoms with E-state index in [9.17, 15) is 5.11 Å². The molecule has 0 atom stereocenters. The first-order chi connectivity index (χ1) is 10.0. The molecule has 0 spiro atoms. The second-order valence-corrected chi connectivity index (χ2v) is 7.27. The monoisotopic (exact) mass is 423 g/mol. The Bertz CT molecular complexity index is 348. The molecule has 0 aromatic carbocycles. The van der Waals surface area contributed by atoms with Crippen LogP contribution in [0.15, 0.2) is 4.99 Å². The summed E-state index contributed by atoms with van der Waals surface area (Å²) >= 11 is 0. The van der Waals surface area contributed by atoms with Gasteiger partial charge < -0.3 is 15.7 Å². The third-order valence-electron chi connectivity index (χ3n) is 5.22. The highest BCUT2D eigenvalue weighted by atomic mass is 127. The number of guanidine groups is 1. The van der Waals surface area contributed by atoms with Crippen LogP contribution in [0.5, 0.6) is 0 Å². The molecule has 0 saturated heterocycles. The summed E-state index contributed by atoms with van der Waals surface area (Å²) in [5.74, 6) is 2.57. The number of hydrogen-bond donors (Lipinski definition) is 3. The van der Waals surface area contributed by atoms with Crippen LogP contribution >= 0.6 is 24.0 Å². The maximum atomic E-state index is 10.2. The summed E-state index contributed by atoms with van der Waals surface area (Å²) in [6.07, 6.45) is 8.03. The van der Waals surface area contributed by atoms with Crippen LogP contribution in [0.1, 0.15) is 65.7 Å². The van der Waals surface area contributed by atoms with E-state index in [0.717, 1.165) is 43.6 Å². The van der Waals surface area contributed by atoms with Gasteiger partial charge in [-0.15, -0.1) is 24.0 Å². The molecule has 22 heavy (non-hydrogen) atoms. The lowest BCUT2D eigenvalue weighted by Gasteiger charge is -2.35. The summed E-state index contributed by atoms with van der Waals surface area (Å²) in [5, 5.41) is 17.0. The van der Waals surface area contributed by atoms with Crippen LogP contribution < -0.4 is 10.6 Å². The standard InChI is InChI=1S/C17H33N3O.HI/c1-4-18-16(19-12-17(21)10-5-11-17)20-15-8-6-14(7-9-15)13(2)3;/h13-15,21H,4-12H2,1-3H3,(H2,18,19,20);1H. The summed E-state index contributed by atoms with van der Waals surface area (Å²) in [5.41, 5.74) is -0.530. The van der Waals surface area contributed by atoms with Crippen molar-refractivity contribution in [3.05, 3.63) is 0 Å². The largest absolute Gasteiger partial charge is 0.388 e. The van der Waals surface area contributed by atoms with Gasteiger partial charge in [0.2, 0.25) is 0 Å². The fourth-order valence-corrected chi connectivity index (χ4v) is 3.41. The van der Waals surface area contributed by atoms with E-state index < -0.39 is 5.60 Å². The van der Waals surface area contributed by atoms with E-state index in [1.54, 1.807) is 0 Å². The van der Waals surface area contributed by atoms with Crippen molar-refractivity contribution in [1.82, 2.24) is 10.6 Å². The number of rotatable bonds is 5. The van der Waals surface area contributed by atoms with Gasteiger partial charge in [0.25, 0.3) is 0 Å². The first kappa shape index (κ1) is 20.0. The average Bonchev–Trinajstić information content (AvgIpc) is 2.43. The number of hydrogen-bond acceptors (Lipinski definition) is 2. The van der Waals surface area contributed by atoms with Gasteiger partial charge in [0.15, 0.2) is 5.96 Å². The highest BCUT2D eigenvalue weighted by Crippen LogP contribution is 2.32. The van der Waals surface area contributed by atoms with E-state index in [-0.39, 0.29) is 24.0 Å². The summed E-state index contributed by atoms with van der Waals surface area (Å²) in [6.45, 7) is 8.16. The van der Waals surface area contributed by atoms with E-state index in [1.165, 1.54) is 25.7 Å². The molecule has 0 aromatic rings. The third kappa shape index (κ3) is 5.87. The molecule has 0 aromatic heterocycles. The van der Waals surface area contributed by atoms with E-state index in [2.05, 4.69) is 36.4 Å². The molecule has 3 N–H and O–H groups in total. The second kappa shape index (κ2) is 9.30. The van der Waals surface area contributed by atoms with E-state index >= 15 is 0 Å². The fourth-order valence-electron chi connectivity index (χ4n) is 3.41. The molecular weight excluding hydrogens is 389 g/mol. The summed E-state index contributed by atoms with van der Waals surface area (Å²) in [6, 6.07) is 0.536. The Morgan fingerprint density at radius 1 is 1.23 bits per heavy atom. The van der Waals surface area contributed by atoms with Gasteiger partial charge in [-0.25, -0.2) is 0 Å². The first-order valence-corrected chi connectivity index (χ1v) is 8.79. The minimum Gasteiger partial charge on any atom is -0.388 e. The molecule has 0 amide bonds. The molecule has 2 rings (SSSR count). The molecule has 0 unspecified atom stereocenters. The van der Waals surface area contributed by atoms with Crippen LogP contribution in [0.4, 0.5) is 0 Å². The van der Waals surface area contributed by atoms with Gasteiger partial charge in [-0.05, 0) is 63.7 Å². The fraction of sp³-hybridized carbons (Fsp3) is 0.941. The van der Waals surface area contributed by atoms with Crippen LogP contribution in [-0.2, 0) is 0 Å². The minimum absolute atomic E-state index is 0. The Hall–Kier alpha value is -0.0400. The highest BCUT2D eigenvalue weighted by molar-refractivity contribution is 14.0. The third-order valence-corrected chi connectivity index (χ3v) is 5.22. The number of halogens is 1. The van der Waals surface area contributed by atoms with Crippen LogP contribution in [0.25, 0.3) is 0 Å². The topological polar surface area (TPSA) is 56.7 Å².